The zero-order chi connectivity index (χ0) is 40.1. The van der Waals surface area contributed by atoms with E-state index in [0.717, 1.165) is 58.2 Å². The molecule has 5 saturated carbocycles. The number of aliphatic hydroxyl groups excluding tert-OH is 1. The molecule has 14 atom stereocenters. The molecule has 2 heterocycles. The minimum atomic E-state index is -1.27. The van der Waals surface area contributed by atoms with Crippen molar-refractivity contribution in [2.24, 2.45) is 39.4 Å². The molecule has 0 aromatic rings. The van der Waals surface area contributed by atoms with Gasteiger partial charge in [-0.1, -0.05) is 70.2 Å². The van der Waals surface area contributed by atoms with Crippen LogP contribution in [0.15, 0.2) is 48.1 Å². The number of fused-ring (bicyclic) bond motifs is 4. The number of carbonyl (C=O) groups is 1. The number of morpholine rings is 1. The van der Waals surface area contributed by atoms with E-state index in [1.165, 1.54) is 25.3 Å². The Morgan fingerprint density at radius 1 is 1.07 bits per heavy atom. The molecule has 6 aliphatic carbocycles. The molecular formula is C47H72N2O7. The van der Waals surface area contributed by atoms with Crippen LogP contribution in [-0.2, 0) is 23.7 Å². The van der Waals surface area contributed by atoms with Gasteiger partial charge < -0.3 is 34.5 Å². The summed E-state index contributed by atoms with van der Waals surface area (Å²) in [5.74, 6) is 0.419. The number of allylic oxidation sites excluding steroid dienone is 6. The molecule has 0 aromatic heterocycles. The van der Waals surface area contributed by atoms with E-state index >= 15 is 0 Å². The van der Waals surface area contributed by atoms with Gasteiger partial charge in [-0.3, -0.25) is 9.69 Å². The first kappa shape index (κ1) is 40.9. The van der Waals surface area contributed by atoms with Crippen molar-refractivity contribution in [1.29, 1.82) is 0 Å². The number of hydrogen-bond acceptors (Lipinski definition) is 9. The number of nitrogens with one attached hydrogen (secondary N) is 1. The molecule has 3 N–H and O–H groups in total. The largest absolute Gasteiger partial charge is 0.457 e. The van der Waals surface area contributed by atoms with Gasteiger partial charge in [0.2, 0.25) is 0 Å². The first-order chi connectivity index (χ1) is 26.4. The van der Waals surface area contributed by atoms with Crippen molar-refractivity contribution in [2.45, 2.75) is 174 Å². The van der Waals surface area contributed by atoms with Crippen LogP contribution in [0.1, 0.15) is 120 Å². The highest BCUT2D eigenvalue weighted by Gasteiger charge is 2.86. The molecule has 14 unspecified atom stereocenters. The number of esters is 1. The number of nitrogens with zero attached hydrogens (tertiary/aromatic N) is 1. The van der Waals surface area contributed by atoms with Gasteiger partial charge in [0.1, 0.15) is 0 Å². The number of rotatable bonds is 9. The molecule has 2 aliphatic heterocycles. The standard InChI is InChI=1S/C47H72N2O7/c1-10-48-47-21-19-35-44(9)39(51)38-37(30(2)26-34(56-38)40(42(6,7)52)54-31(3)50)43(44,8)22-23-45(35)29-46(45,47)20-18-33(27-47)55-36-28-49(24-25-53-36)41(4,5)32-16-14-12-11-13-15-17-32/h11-17,30,33-40,48,51-52H,10,18-29H2,1-9H3/b12-11-,13-11?,14-12?,15-13-,16-14-,17-15?,32-16?,32-17+. The zero-order valence-electron chi connectivity index (χ0n) is 35.8. The summed E-state index contributed by atoms with van der Waals surface area (Å²) >= 11 is 0. The van der Waals surface area contributed by atoms with Gasteiger partial charge in [-0.05, 0) is 132 Å². The number of hydrogen-bond donors (Lipinski definition) is 3. The van der Waals surface area contributed by atoms with Gasteiger partial charge in [0.15, 0.2) is 12.4 Å². The lowest BCUT2D eigenvalue weighted by Crippen LogP contribution is -2.66. The van der Waals surface area contributed by atoms with E-state index in [1.54, 1.807) is 13.8 Å². The fourth-order valence-corrected chi connectivity index (χ4v) is 15.1. The molecule has 2 spiro atoms. The van der Waals surface area contributed by atoms with Gasteiger partial charge >= 0.3 is 5.97 Å². The predicted octanol–water partition coefficient (Wildman–Crippen LogP) is 7.03. The van der Waals surface area contributed by atoms with Crippen LogP contribution >= 0.6 is 0 Å². The van der Waals surface area contributed by atoms with Crippen molar-refractivity contribution in [3.8, 4) is 0 Å². The van der Waals surface area contributed by atoms with Crippen molar-refractivity contribution in [3.63, 3.8) is 0 Å². The van der Waals surface area contributed by atoms with E-state index in [-0.39, 0.29) is 63.1 Å². The van der Waals surface area contributed by atoms with Gasteiger partial charge in [0, 0.05) is 30.0 Å². The number of carbonyl (C=O) groups excluding carboxylic acids is 1. The van der Waals surface area contributed by atoms with Crippen molar-refractivity contribution in [2.75, 3.05) is 26.2 Å². The number of ether oxygens (including phenoxy) is 4. The zero-order valence-corrected chi connectivity index (χ0v) is 35.8. The van der Waals surface area contributed by atoms with Gasteiger partial charge in [0.05, 0.1) is 43.2 Å². The molecule has 7 fully saturated rings. The lowest BCUT2D eigenvalue weighted by molar-refractivity contribution is -0.228. The third-order valence-electron chi connectivity index (χ3n) is 17.7. The molecule has 8 rings (SSSR count). The third-order valence-corrected chi connectivity index (χ3v) is 17.7. The highest BCUT2D eigenvalue weighted by molar-refractivity contribution is 5.66. The summed E-state index contributed by atoms with van der Waals surface area (Å²) in [6.45, 7) is 22.0. The second kappa shape index (κ2) is 14.1. The molecule has 0 radical (unpaired) electrons. The molecule has 0 bridgehead atoms. The van der Waals surface area contributed by atoms with Crippen molar-refractivity contribution >= 4 is 5.97 Å². The Kier molecular flexibility index (Phi) is 10.3. The Balaban J connectivity index is 1.01. The Bertz CT molecular complexity index is 1650. The minimum Gasteiger partial charge on any atom is -0.457 e. The summed E-state index contributed by atoms with van der Waals surface area (Å²) in [4.78, 5) is 14.7. The highest BCUT2D eigenvalue weighted by Crippen LogP contribution is 2.88. The molecular weight excluding hydrogens is 705 g/mol. The normalized spacial score (nSPS) is 49.2. The van der Waals surface area contributed by atoms with Crippen LogP contribution in [0.4, 0.5) is 0 Å². The second-order valence-corrected chi connectivity index (χ2v) is 20.9. The molecule has 9 nitrogen and oxygen atoms in total. The number of aliphatic hydroxyl groups is 2. The third kappa shape index (κ3) is 5.97. The van der Waals surface area contributed by atoms with E-state index < -0.39 is 29.9 Å². The predicted molar refractivity (Wildman–Crippen MR) is 217 cm³/mol. The summed E-state index contributed by atoms with van der Waals surface area (Å²) in [6.07, 6.45) is 22.1. The van der Waals surface area contributed by atoms with E-state index in [4.69, 9.17) is 18.9 Å². The topological polar surface area (TPSA) is 110 Å². The Morgan fingerprint density at radius 3 is 2.55 bits per heavy atom. The molecule has 2 saturated heterocycles. The van der Waals surface area contributed by atoms with E-state index in [2.05, 4.69) is 94.3 Å². The van der Waals surface area contributed by atoms with Crippen molar-refractivity contribution in [1.82, 2.24) is 10.2 Å². The lowest BCUT2D eigenvalue weighted by Gasteiger charge is -2.64. The monoisotopic (exact) mass is 777 g/mol. The Hall–Kier alpha value is -1.85. The second-order valence-electron chi connectivity index (χ2n) is 20.9. The van der Waals surface area contributed by atoms with Crippen LogP contribution < -0.4 is 5.32 Å². The first-order valence-electron chi connectivity index (χ1n) is 22.1. The van der Waals surface area contributed by atoms with Crippen molar-refractivity contribution in [3.05, 3.63) is 48.1 Å². The smallest absolute Gasteiger partial charge is 0.303 e. The SMILES string of the molecule is CCNC12CCC3C4(CCC5(C)C6C(C)CC(C(OC(C)=O)C(C)(C)O)OC6C(O)C35C)CC14CCC(OC1CN(C(C)(C)C3=C/C=C\C=C/C=C\3)CCO1)C2. The maximum Gasteiger partial charge on any atom is 0.303 e. The van der Waals surface area contributed by atoms with Gasteiger partial charge in [-0.2, -0.15) is 0 Å². The van der Waals surface area contributed by atoms with Gasteiger partial charge in [-0.25, -0.2) is 0 Å². The quantitative estimate of drug-likeness (QED) is 0.213. The van der Waals surface area contributed by atoms with Crippen LogP contribution in [0.25, 0.3) is 0 Å². The van der Waals surface area contributed by atoms with Crippen LogP contribution in [0.2, 0.25) is 0 Å². The Labute approximate surface area is 336 Å². The fourth-order valence-electron chi connectivity index (χ4n) is 15.1. The maximum atomic E-state index is 12.7. The molecule has 56 heavy (non-hydrogen) atoms. The van der Waals surface area contributed by atoms with Crippen molar-refractivity contribution < 1.29 is 34.0 Å². The molecule has 312 valence electrons. The first-order valence-corrected chi connectivity index (χ1v) is 22.1. The molecule has 0 amide bonds. The summed E-state index contributed by atoms with van der Waals surface area (Å²) in [6, 6.07) is 0. The van der Waals surface area contributed by atoms with Crippen LogP contribution in [0, 0.1) is 39.4 Å². The van der Waals surface area contributed by atoms with E-state index in [9.17, 15) is 15.0 Å². The molecule has 8 aliphatic rings. The van der Waals surface area contributed by atoms with Gasteiger partial charge in [-0.15, -0.1) is 0 Å². The average Bonchev–Trinajstić information content (AvgIpc) is 3.75. The van der Waals surface area contributed by atoms with Gasteiger partial charge in [0.25, 0.3) is 0 Å². The average molecular weight is 777 g/mol. The fraction of sp³-hybridized carbons (Fsp3) is 0.809. The molecule has 9 heteroatoms. The summed E-state index contributed by atoms with van der Waals surface area (Å²) in [5, 5.41) is 28.0. The molecule has 0 aromatic carbocycles. The summed E-state index contributed by atoms with van der Waals surface area (Å²) in [5.41, 5.74) is -0.170. The Morgan fingerprint density at radius 2 is 1.82 bits per heavy atom. The lowest BCUT2D eigenvalue weighted by atomic mass is 9.42. The van der Waals surface area contributed by atoms with Crippen LogP contribution in [-0.4, -0.2) is 101 Å². The van der Waals surface area contributed by atoms with Crippen LogP contribution in [0.5, 0.6) is 0 Å². The van der Waals surface area contributed by atoms with E-state index in [0.29, 0.717) is 18.9 Å². The summed E-state index contributed by atoms with van der Waals surface area (Å²) in [7, 11) is 0. The minimum absolute atomic E-state index is 0.00235. The highest BCUT2D eigenvalue weighted by atomic mass is 16.7. The maximum absolute atomic E-state index is 12.7. The van der Waals surface area contributed by atoms with E-state index in [1.807, 2.05) is 0 Å². The summed E-state index contributed by atoms with van der Waals surface area (Å²) < 4.78 is 26.0. The van der Waals surface area contributed by atoms with Crippen LogP contribution in [0.3, 0.4) is 0 Å².